The summed E-state index contributed by atoms with van der Waals surface area (Å²) in [5.41, 5.74) is 0. The Morgan fingerprint density at radius 2 is 1.85 bits per heavy atom. The SMILES string of the molecule is COC(OC)C(C)NS(=O)(=O)c1csc2ccccc12. The van der Waals surface area contributed by atoms with E-state index in [9.17, 15) is 8.42 Å². The number of nitrogens with one attached hydrogen (secondary N) is 1. The summed E-state index contributed by atoms with van der Waals surface area (Å²) in [4.78, 5) is 0.288. The van der Waals surface area contributed by atoms with Crippen LogP contribution in [0.25, 0.3) is 10.1 Å². The zero-order valence-electron chi connectivity index (χ0n) is 11.5. The van der Waals surface area contributed by atoms with Gasteiger partial charge in [-0.25, -0.2) is 13.1 Å². The van der Waals surface area contributed by atoms with Crippen LogP contribution in [-0.4, -0.2) is 35.0 Å². The van der Waals surface area contributed by atoms with Gasteiger partial charge in [-0.05, 0) is 13.0 Å². The number of hydrogen-bond donors (Lipinski definition) is 1. The number of hydrogen-bond acceptors (Lipinski definition) is 5. The molecule has 5 nitrogen and oxygen atoms in total. The fraction of sp³-hybridized carbons (Fsp3) is 0.385. The molecule has 20 heavy (non-hydrogen) atoms. The van der Waals surface area contributed by atoms with E-state index in [4.69, 9.17) is 9.47 Å². The predicted octanol–water partition coefficient (Wildman–Crippen LogP) is 2.19. The van der Waals surface area contributed by atoms with Crippen molar-refractivity contribution in [1.29, 1.82) is 0 Å². The lowest BCUT2D eigenvalue weighted by atomic mass is 10.3. The fourth-order valence-electron chi connectivity index (χ4n) is 2.03. The molecule has 0 saturated carbocycles. The highest BCUT2D eigenvalue weighted by molar-refractivity contribution is 7.90. The van der Waals surface area contributed by atoms with Crippen molar-refractivity contribution in [3.05, 3.63) is 29.6 Å². The maximum atomic E-state index is 12.4. The Bertz CT molecular complexity index is 676. The predicted molar refractivity (Wildman–Crippen MR) is 79.4 cm³/mol. The fourth-order valence-corrected chi connectivity index (χ4v) is 4.76. The maximum Gasteiger partial charge on any atom is 0.242 e. The van der Waals surface area contributed by atoms with Crippen LogP contribution in [0, 0.1) is 0 Å². The smallest absolute Gasteiger partial charge is 0.242 e. The number of sulfonamides is 1. The minimum absolute atomic E-state index is 0.288. The van der Waals surface area contributed by atoms with Crippen LogP contribution in [-0.2, 0) is 19.5 Å². The van der Waals surface area contributed by atoms with E-state index in [2.05, 4.69) is 4.72 Å². The third-order valence-electron chi connectivity index (χ3n) is 2.95. The highest BCUT2D eigenvalue weighted by Gasteiger charge is 2.25. The molecule has 0 aliphatic carbocycles. The van der Waals surface area contributed by atoms with Crippen molar-refractivity contribution in [2.45, 2.75) is 24.2 Å². The second-order valence-corrected chi connectivity index (χ2v) is 6.94. The van der Waals surface area contributed by atoms with Crippen LogP contribution in [0.4, 0.5) is 0 Å². The standard InChI is InChI=1S/C13H17NO4S2/c1-9(13(17-2)18-3)14-20(15,16)12-8-19-11-7-5-4-6-10(11)12/h4-9,13-14H,1-3H3. The van der Waals surface area contributed by atoms with Gasteiger partial charge in [0.15, 0.2) is 6.29 Å². The number of ether oxygens (including phenoxy) is 2. The van der Waals surface area contributed by atoms with Gasteiger partial charge in [0.25, 0.3) is 0 Å². The summed E-state index contributed by atoms with van der Waals surface area (Å²) in [6.07, 6.45) is -0.630. The zero-order chi connectivity index (χ0) is 14.8. The zero-order valence-corrected chi connectivity index (χ0v) is 13.1. The summed E-state index contributed by atoms with van der Waals surface area (Å²) < 4.78 is 38.5. The van der Waals surface area contributed by atoms with Gasteiger partial charge in [0.1, 0.15) is 4.90 Å². The molecule has 0 spiro atoms. The van der Waals surface area contributed by atoms with E-state index in [0.29, 0.717) is 0 Å². The molecular weight excluding hydrogens is 298 g/mol. The molecule has 1 aromatic carbocycles. The molecule has 0 aliphatic heterocycles. The van der Waals surface area contributed by atoms with Gasteiger partial charge in [0.2, 0.25) is 10.0 Å². The van der Waals surface area contributed by atoms with Crippen LogP contribution >= 0.6 is 11.3 Å². The monoisotopic (exact) mass is 315 g/mol. The molecule has 1 atom stereocenters. The van der Waals surface area contributed by atoms with Crippen molar-refractivity contribution in [3.63, 3.8) is 0 Å². The third kappa shape index (κ3) is 3.02. The molecule has 0 aliphatic rings. The van der Waals surface area contributed by atoms with Gasteiger partial charge in [-0.3, -0.25) is 0 Å². The first-order valence-corrected chi connectivity index (χ1v) is 8.40. The topological polar surface area (TPSA) is 64.6 Å². The Hall–Kier alpha value is -0.990. The van der Waals surface area contributed by atoms with E-state index in [1.807, 2.05) is 18.2 Å². The summed E-state index contributed by atoms with van der Waals surface area (Å²) in [5.74, 6) is 0. The third-order valence-corrected chi connectivity index (χ3v) is 5.66. The minimum Gasteiger partial charge on any atom is -0.354 e. The lowest BCUT2D eigenvalue weighted by molar-refractivity contribution is -0.115. The van der Waals surface area contributed by atoms with Crippen molar-refractivity contribution < 1.29 is 17.9 Å². The average molecular weight is 315 g/mol. The molecule has 0 bridgehead atoms. The molecular formula is C13H17NO4S2. The average Bonchev–Trinajstić information content (AvgIpc) is 2.84. The van der Waals surface area contributed by atoms with Crippen molar-refractivity contribution in [2.24, 2.45) is 0 Å². The first-order chi connectivity index (χ1) is 9.49. The van der Waals surface area contributed by atoms with Gasteiger partial charge in [-0.1, -0.05) is 18.2 Å². The quantitative estimate of drug-likeness (QED) is 0.830. The highest BCUT2D eigenvalue weighted by Crippen LogP contribution is 2.29. The number of thiophene rings is 1. The van der Waals surface area contributed by atoms with Crippen LogP contribution in [0.3, 0.4) is 0 Å². The highest BCUT2D eigenvalue weighted by atomic mass is 32.2. The molecule has 0 saturated heterocycles. The second kappa shape index (κ2) is 6.19. The van der Waals surface area contributed by atoms with Crippen molar-refractivity contribution in [3.8, 4) is 0 Å². The number of benzene rings is 1. The first-order valence-electron chi connectivity index (χ1n) is 6.03. The van der Waals surface area contributed by atoms with Crippen molar-refractivity contribution >= 4 is 31.4 Å². The lowest BCUT2D eigenvalue weighted by Crippen LogP contribution is -2.42. The summed E-state index contributed by atoms with van der Waals surface area (Å²) in [6.45, 7) is 1.70. The van der Waals surface area contributed by atoms with E-state index in [1.165, 1.54) is 25.6 Å². The molecule has 0 radical (unpaired) electrons. The van der Waals surface area contributed by atoms with Crippen molar-refractivity contribution in [2.75, 3.05) is 14.2 Å². The van der Waals surface area contributed by atoms with Crippen LogP contribution in [0.1, 0.15) is 6.92 Å². The molecule has 7 heteroatoms. The van der Waals surface area contributed by atoms with Crippen LogP contribution < -0.4 is 4.72 Å². The van der Waals surface area contributed by atoms with Gasteiger partial charge in [-0.2, -0.15) is 0 Å². The molecule has 1 heterocycles. The Morgan fingerprint density at radius 1 is 1.20 bits per heavy atom. The van der Waals surface area contributed by atoms with E-state index in [1.54, 1.807) is 18.4 Å². The van der Waals surface area contributed by atoms with Gasteiger partial charge >= 0.3 is 0 Å². The molecule has 0 amide bonds. The molecule has 1 aromatic heterocycles. The normalized spacial score (nSPS) is 14.0. The molecule has 110 valence electrons. The first kappa shape index (κ1) is 15.4. The van der Waals surface area contributed by atoms with Gasteiger partial charge in [0, 0.05) is 29.7 Å². The molecule has 1 N–H and O–H groups in total. The number of rotatable bonds is 6. The number of fused-ring (bicyclic) bond motifs is 1. The summed E-state index contributed by atoms with van der Waals surface area (Å²) in [6, 6.07) is 6.92. The van der Waals surface area contributed by atoms with Crippen LogP contribution in [0.15, 0.2) is 34.5 Å². The Kier molecular flexibility index (Phi) is 4.77. The molecule has 2 aromatic rings. The number of methoxy groups -OCH3 is 2. The van der Waals surface area contributed by atoms with Gasteiger partial charge in [0.05, 0.1) is 6.04 Å². The van der Waals surface area contributed by atoms with Crippen molar-refractivity contribution in [1.82, 2.24) is 4.72 Å². The van der Waals surface area contributed by atoms with E-state index in [0.717, 1.165) is 10.1 Å². The van der Waals surface area contributed by atoms with E-state index >= 15 is 0 Å². The van der Waals surface area contributed by atoms with Gasteiger partial charge in [-0.15, -0.1) is 11.3 Å². The Balaban J connectivity index is 2.31. The summed E-state index contributed by atoms with van der Waals surface area (Å²) >= 11 is 1.41. The second-order valence-electron chi connectivity index (χ2n) is 4.35. The Morgan fingerprint density at radius 3 is 2.50 bits per heavy atom. The van der Waals surface area contributed by atoms with E-state index < -0.39 is 22.4 Å². The summed E-state index contributed by atoms with van der Waals surface area (Å²) in [7, 11) is -0.665. The van der Waals surface area contributed by atoms with E-state index in [-0.39, 0.29) is 4.90 Å². The van der Waals surface area contributed by atoms with Crippen LogP contribution in [0.5, 0.6) is 0 Å². The lowest BCUT2D eigenvalue weighted by Gasteiger charge is -2.21. The molecule has 1 unspecified atom stereocenters. The molecule has 0 fully saturated rings. The largest absolute Gasteiger partial charge is 0.354 e. The minimum atomic E-state index is -3.61. The Labute approximate surface area is 122 Å². The maximum absolute atomic E-state index is 12.4. The van der Waals surface area contributed by atoms with Gasteiger partial charge < -0.3 is 9.47 Å². The summed E-state index contributed by atoms with van der Waals surface area (Å²) in [5, 5.41) is 2.37. The van der Waals surface area contributed by atoms with Crippen LogP contribution in [0.2, 0.25) is 0 Å². The molecule has 2 rings (SSSR count).